The number of hydrogen-bond acceptors (Lipinski definition) is 4. The molecule has 0 radical (unpaired) electrons. The van der Waals surface area contributed by atoms with Crippen LogP contribution in [0.25, 0.3) is 5.69 Å². The maximum Gasteiger partial charge on any atom is 0.261 e. The van der Waals surface area contributed by atoms with Crippen LogP contribution in [0.1, 0.15) is 18.2 Å². The van der Waals surface area contributed by atoms with Gasteiger partial charge in [0.1, 0.15) is 6.61 Å². The first-order valence-electron chi connectivity index (χ1n) is 6.18. The second-order valence-corrected chi connectivity index (χ2v) is 4.18. The molecule has 108 valence electrons. The quantitative estimate of drug-likeness (QED) is 0.789. The van der Waals surface area contributed by atoms with Gasteiger partial charge in [-0.05, 0) is 12.1 Å². The first kappa shape index (κ1) is 14.5. The molecule has 0 saturated carbocycles. The Balaban J connectivity index is 1.97. The summed E-state index contributed by atoms with van der Waals surface area (Å²) >= 11 is 0. The van der Waals surface area contributed by atoms with Crippen molar-refractivity contribution in [2.45, 2.75) is 19.0 Å². The van der Waals surface area contributed by atoms with Crippen molar-refractivity contribution in [3.63, 3.8) is 0 Å². The molecule has 0 bridgehead atoms. The van der Waals surface area contributed by atoms with E-state index in [2.05, 4.69) is 10.3 Å². The second-order valence-electron chi connectivity index (χ2n) is 4.18. The molecule has 1 aromatic carbocycles. The molecule has 0 aliphatic rings. The van der Waals surface area contributed by atoms with Crippen molar-refractivity contribution >= 4 is 0 Å². The van der Waals surface area contributed by atoms with Gasteiger partial charge in [-0.1, -0.05) is 23.4 Å². The average Bonchev–Trinajstić information content (AvgIpc) is 2.93. The van der Waals surface area contributed by atoms with Gasteiger partial charge in [-0.2, -0.15) is 0 Å². The zero-order valence-electron chi connectivity index (χ0n) is 10.7. The molecule has 2 rings (SSSR count). The Morgan fingerprint density at radius 2 is 2.00 bits per heavy atom. The number of alkyl halides is 2. The Morgan fingerprint density at radius 3 is 2.70 bits per heavy atom. The first-order chi connectivity index (χ1) is 9.68. The van der Waals surface area contributed by atoms with Gasteiger partial charge in [0.05, 0.1) is 23.7 Å². The fraction of sp³-hybridized carbons (Fsp3) is 0.385. The Kier molecular flexibility index (Phi) is 5.14. The van der Waals surface area contributed by atoms with Gasteiger partial charge in [-0.15, -0.1) is 5.10 Å². The van der Waals surface area contributed by atoms with Gasteiger partial charge in [-0.25, -0.2) is 13.5 Å². The maximum absolute atomic E-state index is 11.9. The van der Waals surface area contributed by atoms with Crippen molar-refractivity contribution in [3.8, 4) is 5.69 Å². The molecular formula is C13H15F2N3O2. The second kappa shape index (κ2) is 7.06. The summed E-state index contributed by atoms with van der Waals surface area (Å²) in [7, 11) is 0. The van der Waals surface area contributed by atoms with Crippen LogP contribution < -0.4 is 0 Å². The number of benzene rings is 1. The minimum absolute atomic E-state index is 0.0471. The number of rotatable bonds is 7. The van der Waals surface area contributed by atoms with E-state index >= 15 is 0 Å². The van der Waals surface area contributed by atoms with Crippen LogP contribution >= 0.6 is 0 Å². The topological polar surface area (TPSA) is 60.2 Å². The number of aromatic nitrogens is 3. The van der Waals surface area contributed by atoms with E-state index in [0.717, 1.165) is 5.69 Å². The van der Waals surface area contributed by atoms with Crippen LogP contribution in [0, 0.1) is 0 Å². The number of aliphatic hydroxyl groups excluding tert-OH is 1. The monoisotopic (exact) mass is 283 g/mol. The highest BCUT2D eigenvalue weighted by atomic mass is 19.3. The number of halogens is 2. The summed E-state index contributed by atoms with van der Waals surface area (Å²) in [6.07, 6.45) is -1.72. The highest BCUT2D eigenvalue weighted by Crippen LogP contribution is 2.18. The Morgan fingerprint density at radius 1 is 1.25 bits per heavy atom. The normalized spacial score (nSPS) is 12.8. The third kappa shape index (κ3) is 3.82. The molecule has 5 nitrogen and oxygen atoms in total. The molecule has 0 amide bonds. The van der Waals surface area contributed by atoms with E-state index in [1.165, 1.54) is 10.9 Å². The van der Waals surface area contributed by atoms with E-state index in [1.54, 1.807) is 0 Å². The van der Waals surface area contributed by atoms with Crippen LogP contribution in [0.4, 0.5) is 8.78 Å². The van der Waals surface area contributed by atoms with Crippen LogP contribution in [0.15, 0.2) is 36.5 Å². The van der Waals surface area contributed by atoms with E-state index < -0.39 is 19.1 Å². The summed E-state index contributed by atoms with van der Waals surface area (Å²) in [6.45, 7) is -0.575. The Hall–Kier alpha value is -1.86. The van der Waals surface area contributed by atoms with E-state index in [9.17, 15) is 13.9 Å². The lowest BCUT2D eigenvalue weighted by molar-refractivity contribution is 0.00417. The number of nitrogens with zero attached hydrogens (tertiary/aromatic N) is 3. The van der Waals surface area contributed by atoms with Gasteiger partial charge in [0.25, 0.3) is 6.43 Å². The van der Waals surface area contributed by atoms with Crippen molar-refractivity contribution < 1.29 is 18.6 Å². The zero-order chi connectivity index (χ0) is 14.4. The van der Waals surface area contributed by atoms with Gasteiger partial charge in [0, 0.05) is 13.0 Å². The fourth-order valence-electron chi connectivity index (χ4n) is 1.76. The SMILES string of the molecule is OC(CCOCC(F)F)c1cnnn1-c1ccccc1. The number of hydrogen-bond donors (Lipinski definition) is 1. The van der Waals surface area contributed by atoms with Crippen molar-refractivity contribution in [2.24, 2.45) is 0 Å². The minimum atomic E-state index is -2.50. The van der Waals surface area contributed by atoms with Gasteiger partial charge < -0.3 is 9.84 Å². The number of ether oxygens (including phenoxy) is 1. The zero-order valence-corrected chi connectivity index (χ0v) is 10.7. The number of aliphatic hydroxyl groups is 1. The van der Waals surface area contributed by atoms with Crippen LogP contribution in [0.2, 0.25) is 0 Å². The van der Waals surface area contributed by atoms with E-state index in [0.29, 0.717) is 5.69 Å². The molecule has 2 aromatic rings. The summed E-state index contributed by atoms with van der Waals surface area (Å²) < 4.78 is 30.1. The van der Waals surface area contributed by atoms with Gasteiger partial charge in [-0.3, -0.25) is 0 Å². The molecule has 1 aromatic heterocycles. The molecule has 20 heavy (non-hydrogen) atoms. The predicted molar refractivity (Wildman–Crippen MR) is 67.8 cm³/mol. The lowest BCUT2D eigenvalue weighted by atomic mass is 10.2. The molecule has 1 N–H and O–H groups in total. The van der Waals surface area contributed by atoms with Crippen molar-refractivity contribution in [1.82, 2.24) is 15.0 Å². The predicted octanol–water partition coefficient (Wildman–Crippen LogP) is 1.97. The molecule has 0 fully saturated rings. The molecule has 1 atom stereocenters. The molecule has 0 spiro atoms. The summed E-state index contributed by atoms with van der Waals surface area (Å²) in [4.78, 5) is 0. The van der Waals surface area contributed by atoms with Crippen LogP contribution in [-0.4, -0.2) is 39.7 Å². The van der Waals surface area contributed by atoms with Gasteiger partial charge >= 0.3 is 0 Å². The molecule has 0 aliphatic carbocycles. The summed E-state index contributed by atoms with van der Waals surface area (Å²) in [6, 6.07) is 9.23. The minimum Gasteiger partial charge on any atom is -0.387 e. The first-order valence-corrected chi connectivity index (χ1v) is 6.18. The standard InChI is InChI=1S/C13H15F2N3O2/c14-13(15)9-20-7-6-12(19)11-8-16-17-18(11)10-4-2-1-3-5-10/h1-5,8,12-13,19H,6-7,9H2. The van der Waals surface area contributed by atoms with Crippen LogP contribution in [0.5, 0.6) is 0 Å². The summed E-state index contributed by atoms with van der Waals surface area (Å²) in [5.74, 6) is 0. The maximum atomic E-state index is 11.9. The molecular weight excluding hydrogens is 268 g/mol. The summed E-state index contributed by atoms with van der Waals surface area (Å²) in [5.41, 5.74) is 1.27. The lowest BCUT2D eigenvalue weighted by Crippen LogP contribution is -2.11. The third-order valence-corrected chi connectivity index (χ3v) is 2.70. The van der Waals surface area contributed by atoms with Crippen LogP contribution in [0.3, 0.4) is 0 Å². The molecule has 7 heteroatoms. The lowest BCUT2D eigenvalue weighted by Gasteiger charge is -2.12. The van der Waals surface area contributed by atoms with Gasteiger partial charge in [0.15, 0.2) is 0 Å². The largest absolute Gasteiger partial charge is 0.387 e. The van der Waals surface area contributed by atoms with Crippen molar-refractivity contribution in [1.29, 1.82) is 0 Å². The van der Waals surface area contributed by atoms with Crippen LogP contribution in [-0.2, 0) is 4.74 Å². The Labute approximate surface area is 114 Å². The fourth-order valence-corrected chi connectivity index (χ4v) is 1.76. The molecule has 0 saturated heterocycles. The Bertz CT molecular complexity index is 519. The highest BCUT2D eigenvalue weighted by Gasteiger charge is 2.15. The smallest absolute Gasteiger partial charge is 0.261 e. The third-order valence-electron chi connectivity index (χ3n) is 2.70. The van der Waals surface area contributed by atoms with E-state index in [-0.39, 0.29) is 13.0 Å². The van der Waals surface area contributed by atoms with Crippen molar-refractivity contribution in [2.75, 3.05) is 13.2 Å². The summed E-state index contributed by atoms with van der Waals surface area (Å²) in [5, 5.41) is 17.7. The molecule has 1 unspecified atom stereocenters. The van der Waals surface area contributed by atoms with E-state index in [4.69, 9.17) is 4.74 Å². The molecule has 0 aliphatic heterocycles. The average molecular weight is 283 g/mol. The van der Waals surface area contributed by atoms with Gasteiger partial charge in [0.2, 0.25) is 0 Å². The molecule has 1 heterocycles. The number of para-hydroxylation sites is 1. The van der Waals surface area contributed by atoms with Crippen molar-refractivity contribution in [3.05, 3.63) is 42.2 Å². The van der Waals surface area contributed by atoms with E-state index in [1.807, 2.05) is 30.3 Å². The highest BCUT2D eigenvalue weighted by molar-refractivity contribution is 5.31.